The molecule has 1 aliphatic rings. The summed E-state index contributed by atoms with van der Waals surface area (Å²) in [5.41, 5.74) is 0. The minimum atomic E-state index is -0.683. The molecule has 1 fully saturated rings. The summed E-state index contributed by atoms with van der Waals surface area (Å²) in [6.07, 6.45) is 3.83. The number of ether oxygens (including phenoxy) is 1. The maximum absolute atomic E-state index is 11.4. The summed E-state index contributed by atoms with van der Waals surface area (Å²) in [6.45, 7) is 4.46. The van der Waals surface area contributed by atoms with Crippen molar-refractivity contribution in [3.8, 4) is 5.75 Å². The van der Waals surface area contributed by atoms with Crippen LogP contribution >= 0.6 is 0 Å². The van der Waals surface area contributed by atoms with Gasteiger partial charge in [0.1, 0.15) is 11.8 Å². The first-order valence-electron chi connectivity index (χ1n) is 7.85. The van der Waals surface area contributed by atoms with Crippen LogP contribution in [0.1, 0.15) is 32.6 Å². The Labute approximate surface area is 126 Å². The Morgan fingerprint density at radius 3 is 2.81 bits per heavy atom. The van der Waals surface area contributed by atoms with Crippen molar-refractivity contribution in [3.05, 3.63) is 30.3 Å². The number of para-hydroxylation sites is 1. The zero-order valence-electron chi connectivity index (χ0n) is 12.7. The molecule has 2 rings (SSSR count). The van der Waals surface area contributed by atoms with E-state index in [1.54, 1.807) is 0 Å². The second-order valence-corrected chi connectivity index (χ2v) is 5.70. The number of carboxylic acids is 1. The van der Waals surface area contributed by atoms with E-state index < -0.39 is 5.97 Å². The number of carboxylic acid groups (broad SMARTS) is 1. The van der Waals surface area contributed by atoms with E-state index in [1.165, 1.54) is 0 Å². The van der Waals surface area contributed by atoms with Gasteiger partial charge in [-0.1, -0.05) is 31.5 Å². The van der Waals surface area contributed by atoms with Gasteiger partial charge in [0.05, 0.1) is 6.61 Å². The van der Waals surface area contributed by atoms with E-state index >= 15 is 0 Å². The fourth-order valence-corrected chi connectivity index (χ4v) is 2.96. The molecule has 0 radical (unpaired) electrons. The maximum atomic E-state index is 11.4. The predicted octanol–water partition coefficient (Wildman–Crippen LogP) is 3.03. The summed E-state index contributed by atoms with van der Waals surface area (Å²) < 4.78 is 5.66. The molecule has 21 heavy (non-hydrogen) atoms. The average Bonchev–Trinajstić information content (AvgIpc) is 2.52. The minimum Gasteiger partial charge on any atom is -0.494 e. The molecule has 1 aromatic carbocycles. The third-order valence-corrected chi connectivity index (χ3v) is 4.29. The first-order chi connectivity index (χ1) is 10.2. The highest BCUT2D eigenvalue weighted by molar-refractivity contribution is 5.73. The second-order valence-electron chi connectivity index (χ2n) is 5.70. The highest BCUT2D eigenvalue weighted by atomic mass is 16.5. The van der Waals surface area contributed by atoms with Crippen molar-refractivity contribution in [2.24, 2.45) is 5.92 Å². The number of nitrogens with zero attached hydrogens (tertiary/aromatic N) is 1. The highest BCUT2D eigenvalue weighted by Crippen LogP contribution is 2.25. The lowest BCUT2D eigenvalue weighted by Gasteiger charge is -2.36. The molecule has 0 aromatic heterocycles. The lowest BCUT2D eigenvalue weighted by molar-refractivity contribution is -0.145. The van der Waals surface area contributed by atoms with Crippen molar-refractivity contribution in [3.63, 3.8) is 0 Å². The number of benzene rings is 1. The molecule has 0 spiro atoms. The van der Waals surface area contributed by atoms with Crippen LogP contribution in [0.2, 0.25) is 0 Å². The van der Waals surface area contributed by atoms with Crippen LogP contribution in [0.5, 0.6) is 5.75 Å². The topological polar surface area (TPSA) is 49.8 Å². The zero-order chi connectivity index (χ0) is 15.1. The Balaban J connectivity index is 1.75. The van der Waals surface area contributed by atoms with Crippen LogP contribution in [0.15, 0.2) is 30.3 Å². The normalized spacial score (nSPS) is 22.9. The largest absolute Gasteiger partial charge is 0.494 e. The summed E-state index contributed by atoms with van der Waals surface area (Å²) in [7, 11) is 0. The number of piperidine rings is 1. The van der Waals surface area contributed by atoms with E-state index in [2.05, 4.69) is 11.8 Å². The molecule has 0 saturated carbocycles. The summed E-state index contributed by atoms with van der Waals surface area (Å²) in [5, 5.41) is 9.38. The Hall–Kier alpha value is -1.55. The third-order valence-electron chi connectivity index (χ3n) is 4.29. The van der Waals surface area contributed by atoms with Crippen LogP contribution in [-0.4, -0.2) is 41.7 Å². The third kappa shape index (κ3) is 4.74. The summed E-state index contributed by atoms with van der Waals surface area (Å²) >= 11 is 0. The molecule has 1 heterocycles. The molecule has 116 valence electrons. The summed E-state index contributed by atoms with van der Waals surface area (Å²) in [6, 6.07) is 9.42. The Kier molecular flexibility index (Phi) is 6.05. The van der Waals surface area contributed by atoms with E-state index in [1.807, 2.05) is 30.3 Å². The van der Waals surface area contributed by atoms with Gasteiger partial charge in [-0.15, -0.1) is 0 Å². The quantitative estimate of drug-likeness (QED) is 0.785. The van der Waals surface area contributed by atoms with E-state index in [4.69, 9.17) is 4.74 Å². The second kappa shape index (κ2) is 8.03. The van der Waals surface area contributed by atoms with Crippen molar-refractivity contribution >= 4 is 5.97 Å². The molecule has 4 heteroatoms. The van der Waals surface area contributed by atoms with Crippen molar-refractivity contribution < 1.29 is 14.6 Å². The summed E-state index contributed by atoms with van der Waals surface area (Å²) in [4.78, 5) is 13.5. The van der Waals surface area contributed by atoms with Crippen LogP contribution in [0.25, 0.3) is 0 Å². The standard InChI is InChI=1S/C17H25NO3/c1-2-14-9-11-18(16(13-14)17(19)20)10-6-12-21-15-7-4-3-5-8-15/h3-5,7-8,14,16H,2,6,9-13H2,1H3,(H,19,20). The van der Waals surface area contributed by atoms with E-state index in [0.29, 0.717) is 12.5 Å². The van der Waals surface area contributed by atoms with Gasteiger partial charge in [0.2, 0.25) is 0 Å². The van der Waals surface area contributed by atoms with Gasteiger partial charge >= 0.3 is 5.97 Å². The molecule has 1 saturated heterocycles. The molecule has 2 unspecified atom stereocenters. The van der Waals surface area contributed by atoms with Crippen LogP contribution < -0.4 is 4.74 Å². The van der Waals surface area contributed by atoms with Gasteiger partial charge in [-0.25, -0.2) is 0 Å². The fraction of sp³-hybridized carbons (Fsp3) is 0.588. The van der Waals surface area contributed by atoms with Crippen LogP contribution in [0, 0.1) is 5.92 Å². The average molecular weight is 291 g/mol. The van der Waals surface area contributed by atoms with Gasteiger partial charge in [-0.2, -0.15) is 0 Å². The van der Waals surface area contributed by atoms with Crippen molar-refractivity contribution in [1.29, 1.82) is 0 Å². The Morgan fingerprint density at radius 2 is 2.14 bits per heavy atom. The number of aliphatic carboxylic acids is 1. The lowest BCUT2D eigenvalue weighted by Crippen LogP contribution is -2.47. The maximum Gasteiger partial charge on any atom is 0.320 e. The molecule has 4 nitrogen and oxygen atoms in total. The Morgan fingerprint density at radius 1 is 1.38 bits per heavy atom. The number of hydrogen-bond acceptors (Lipinski definition) is 3. The first-order valence-corrected chi connectivity index (χ1v) is 7.85. The highest BCUT2D eigenvalue weighted by Gasteiger charge is 2.32. The van der Waals surface area contributed by atoms with Gasteiger partial charge in [0.15, 0.2) is 0 Å². The van der Waals surface area contributed by atoms with E-state index in [0.717, 1.165) is 44.5 Å². The summed E-state index contributed by atoms with van der Waals surface area (Å²) in [5.74, 6) is 0.747. The molecule has 0 aliphatic carbocycles. The predicted molar refractivity (Wildman–Crippen MR) is 82.6 cm³/mol. The zero-order valence-corrected chi connectivity index (χ0v) is 12.7. The molecule has 2 atom stereocenters. The monoisotopic (exact) mass is 291 g/mol. The van der Waals surface area contributed by atoms with E-state index in [-0.39, 0.29) is 6.04 Å². The molecule has 1 aromatic rings. The van der Waals surface area contributed by atoms with Crippen LogP contribution in [0.3, 0.4) is 0 Å². The minimum absolute atomic E-state index is 0.319. The molecule has 0 bridgehead atoms. The van der Waals surface area contributed by atoms with E-state index in [9.17, 15) is 9.90 Å². The number of likely N-dealkylation sites (tertiary alicyclic amines) is 1. The van der Waals surface area contributed by atoms with Crippen molar-refractivity contribution in [2.75, 3.05) is 19.7 Å². The molecule has 1 N–H and O–H groups in total. The SMILES string of the molecule is CCC1CCN(CCCOc2ccccc2)C(C(=O)O)C1. The van der Waals surface area contributed by atoms with Gasteiger partial charge in [-0.05, 0) is 43.9 Å². The van der Waals surface area contributed by atoms with Gasteiger partial charge in [0, 0.05) is 6.54 Å². The molecule has 0 amide bonds. The number of hydrogen-bond donors (Lipinski definition) is 1. The Bertz CT molecular complexity index is 435. The molecule has 1 aliphatic heterocycles. The fourth-order valence-electron chi connectivity index (χ4n) is 2.96. The van der Waals surface area contributed by atoms with Gasteiger partial charge in [0.25, 0.3) is 0 Å². The van der Waals surface area contributed by atoms with Crippen LogP contribution in [0.4, 0.5) is 0 Å². The smallest absolute Gasteiger partial charge is 0.320 e. The van der Waals surface area contributed by atoms with Crippen molar-refractivity contribution in [1.82, 2.24) is 4.90 Å². The number of carbonyl (C=O) groups is 1. The molecular formula is C17H25NO3. The van der Waals surface area contributed by atoms with Crippen LogP contribution in [-0.2, 0) is 4.79 Å². The number of rotatable bonds is 7. The van der Waals surface area contributed by atoms with Crippen molar-refractivity contribution in [2.45, 2.75) is 38.6 Å². The first kappa shape index (κ1) is 15.8. The van der Waals surface area contributed by atoms with Gasteiger partial charge < -0.3 is 9.84 Å². The van der Waals surface area contributed by atoms with Gasteiger partial charge in [-0.3, -0.25) is 9.69 Å². The molecular weight excluding hydrogens is 266 g/mol. The lowest BCUT2D eigenvalue weighted by atomic mass is 9.89.